The molecule has 0 saturated heterocycles. The highest BCUT2D eigenvalue weighted by Crippen LogP contribution is 2.03. The van der Waals surface area contributed by atoms with Crippen molar-refractivity contribution in [1.82, 2.24) is 0 Å². The van der Waals surface area contributed by atoms with Crippen LogP contribution in [0, 0.1) is 0 Å². The van der Waals surface area contributed by atoms with Crippen LogP contribution in [0.5, 0.6) is 0 Å². The molecule has 18 heavy (non-hydrogen) atoms. The predicted octanol–water partition coefficient (Wildman–Crippen LogP) is 4.88. The van der Waals surface area contributed by atoms with E-state index in [1.54, 1.807) is 6.08 Å². The zero-order chi connectivity index (χ0) is 13.5. The molecular formula is C16H26O2. The maximum atomic E-state index is 10.2. The molecular weight excluding hydrogens is 224 g/mol. The van der Waals surface area contributed by atoms with Crippen LogP contribution >= 0.6 is 0 Å². The summed E-state index contributed by atoms with van der Waals surface area (Å²) in [6.45, 7) is 2.23. The summed E-state index contributed by atoms with van der Waals surface area (Å²) < 4.78 is 0. The van der Waals surface area contributed by atoms with Gasteiger partial charge < -0.3 is 5.11 Å². The van der Waals surface area contributed by atoms with E-state index >= 15 is 0 Å². The van der Waals surface area contributed by atoms with Gasteiger partial charge in [-0.2, -0.15) is 0 Å². The molecule has 0 unspecified atom stereocenters. The summed E-state index contributed by atoms with van der Waals surface area (Å²) in [6, 6.07) is 0. The third kappa shape index (κ3) is 14.7. The molecule has 0 aromatic heterocycles. The summed E-state index contributed by atoms with van der Waals surface area (Å²) in [5, 5.41) is 8.41. The van der Waals surface area contributed by atoms with Gasteiger partial charge in [0.2, 0.25) is 0 Å². The third-order valence-corrected chi connectivity index (χ3v) is 2.56. The second-order valence-electron chi connectivity index (χ2n) is 4.33. The van der Waals surface area contributed by atoms with Crippen LogP contribution in [0.4, 0.5) is 0 Å². The Labute approximate surface area is 111 Å². The van der Waals surface area contributed by atoms with Gasteiger partial charge in [0.15, 0.2) is 0 Å². The summed E-state index contributed by atoms with van der Waals surface area (Å²) in [7, 11) is 0. The topological polar surface area (TPSA) is 37.3 Å². The largest absolute Gasteiger partial charge is 0.481 e. The fraction of sp³-hybridized carbons (Fsp3) is 0.562. The molecule has 0 saturated carbocycles. The van der Waals surface area contributed by atoms with Gasteiger partial charge in [-0.05, 0) is 25.7 Å². The molecule has 0 aromatic rings. The van der Waals surface area contributed by atoms with Gasteiger partial charge in [-0.25, -0.2) is 0 Å². The second kappa shape index (κ2) is 13.8. The van der Waals surface area contributed by atoms with Crippen LogP contribution in [-0.4, -0.2) is 11.1 Å². The first-order valence-electron chi connectivity index (χ1n) is 6.94. The summed E-state index contributed by atoms with van der Waals surface area (Å²) in [5.41, 5.74) is 0. The molecule has 0 spiro atoms. The average molecular weight is 250 g/mol. The summed E-state index contributed by atoms with van der Waals surface area (Å²) in [5.74, 6) is -0.777. The van der Waals surface area contributed by atoms with Gasteiger partial charge in [0.05, 0.1) is 6.42 Å². The van der Waals surface area contributed by atoms with E-state index in [-0.39, 0.29) is 6.42 Å². The fourth-order valence-corrected chi connectivity index (χ4v) is 1.53. The molecule has 0 atom stereocenters. The number of unbranched alkanes of at least 4 members (excludes halogenated alkanes) is 4. The van der Waals surface area contributed by atoms with Crippen molar-refractivity contribution < 1.29 is 9.90 Å². The molecule has 2 nitrogen and oxygen atoms in total. The Bertz CT molecular complexity index is 275. The van der Waals surface area contributed by atoms with Crippen LogP contribution in [0.3, 0.4) is 0 Å². The van der Waals surface area contributed by atoms with Crippen molar-refractivity contribution in [3.05, 3.63) is 36.5 Å². The maximum Gasteiger partial charge on any atom is 0.307 e. The predicted molar refractivity (Wildman–Crippen MR) is 77.7 cm³/mol. The van der Waals surface area contributed by atoms with Crippen LogP contribution in [0.25, 0.3) is 0 Å². The SMILES string of the molecule is CCCCCCC=CCC=CCC=CCC(=O)O. The molecule has 0 amide bonds. The van der Waals surface area contributed by atoms with E-state index in [4.69, 9.17) is 5.11 Å². The number of hydrogen-bond donors (Lipinski definition) is 1. The van der Waals surface area contributed by atoms with Crippen LogP contribution in [0.2, 0.25) is 0 Å². The first-order chi connectivity index (χ1) is 8.77. The van der Waals surface area contributed by atoms with E-state index in [0.29, 0.717) is 0 Å². The van der Waals surface area contributed by atoms with E-state index in [0.717, 1.165) is 12.8 Å². The summed E-state index contributed by atoms with van der Waals surface area (Å²) in [4.78, 5) is 10.2. The number of aliphatic carboxylic acids is 1. The third-order valence-electron chi connectivity index (χ3n) is 2.56. The average Bonchev–Trinajstić information content (AvgIpc) is 2.34. The van der Waals surface area contributed by atoms with E-state index in [1.165, 1.54) is 32.1 Å². The van der Waals surface area contributed by atoms with Gasteiger partial charge in [0, 0.05) is 0 Å². The lowest BCUT2D eigenvalue weighted by molar-refractivity contribution is -0.136. The molecule has 0 heterocycles. The zero-order valence-electron chi connectivity index (χ0n) is 11.5. The van der Waals surface area contributed by atoms with E-state index in [1.807, 2.05) is 6.08 Å². The molecule has 2 heteroatoms. The van der Waals surface area contributed by atoms with E-state index < -0.39 is 5.97 Å². The first kappa shape index (κ1) is 16.7. The normalized spacial score (nSPS) is 12.1. The summed E-state index contributed by atoms with van der Waals surface area (Å²) in [6.07, 6.45) is 20.6. The Kier molecular flexibility index (Phi) is 12.8. The highest BCUT2D eigenvalue weighted by molar-refractivity contribution is 5.68. The number of hydrogen-bond acceptors (Lipinski definition) is 1. The Morgan fingerprint density at radius 3 is 2.11 bits per heavy atom. The minimum absolute atomic E-state index is 0.117. The Hall–Kier alpha value is -1.31. The maximum absolute atomic E-state index is 10.2. The van der Waals surface area contributed by atoms with Gasteiger partial charge in [-0.1, -0.05) is 62.6 Å². The second-order valence-corrected chi connectivity index (χ2v) is 4.33. The van der Waals surface area contributed by atoms with Crippen molar-refractivity contribution in [2.45, 2.75) is 58.3 Å². The van der Waals surface area contributed by atoms with Crippen molar-refractivity contribution in [3.63, 3.8) is 0 Å². The highest BCUT2D eigenvalue weighted by Gasteiger charge is 1.87. The molecule has 0 aromatic carbocycles. The Balaban J connectivity index is 3.34. The number of allylic oxidation sites excluding steroid dienone is 5. The summed E-state index contributed by atoms with van der Waals surface area (Å²) >= 11 is 0. The van der Waals surface area contributed by atoms with Crippen LogP contribution < -0.4 is 0 Å². The lowest BCUT2D eigenvalue weighted by Gasteiger charge is -1.93. The van der Waals surface area contributed by atoms with Crippen molar-refractivity contribution in [2.75, 3.05) is 0 Å². The molecule has 102 valence electrons. The van der Waals surface area contributed by atoms with Crippen molar-refractivity contribution in [2.24, 2.45) is 0 Å². The molecule has 0 bridgehead atoms. The minimum atomic E-state index is -0.777. The molecule has 1 N–H and O–H groups in total. The number of carboxylic acids is 1. The van der Waals surface area contributed by atoms with Gasteiger partial charge in [0.25, 0.3) is 0 Å². The fourth-order valence-electron chi connectivity index (χ4n) is 1.53. The highest BCUT2D eigenvalue weighted by atomic mass is 16.4. The van der Waals surface area contributed by atoms with Crippen LogP contribution in [0.15, 0.2) is 36.5 Å². The minimum Gasteiger partial charge on any atom is -0.481 e. The molecule has 0 aliphatic heterocycles. The quantitative estimate of drug-likeness (QED) is 0.419. The molecule has 0 radical (unpaired) electrons. The van der Waals surface area contributed by atoms with E-state index in [2.05, 4.69) is 31.2 Å². The first-order valence-corrected chi connectivity index (χ1v) is 6.94. The smallest absolute Gasteiger partial charge is 0.307 e. The van der Waals surface area contributed by atoms with Crippen LogP contribution in [0.1, 0.15) is 58.3 Å². The standard InChI is InChI=1S/C16H26O2/c1-2-3-4-5-6-7-8-9-10-11-12-13-14-15-16(17)18/h7-8,10-11,13-14H,2-6,9,12,15H2,1H3,(H,17,18). The van der Waals surface area contributed by atoms with E-state index in [9.17, 15) is 4.79 Å². The van der Waals surface area contributed by atoms with Crippen molar-refractivity contribution >= 4 is 5.97 Å². The Morgan fingerprint density at radius 1 is 0.889 bits per heavy atom. The van der Waals surface area contributed by atoms with Crippen molar-refractivity contribution in [1.29, 1.82) is 0 Å². The molecule has 0 fully saturated rings. The van der Waals surface area contributed by atoms with Gasteiger partial charge >= 0.3 is 5.97 Å². The lowest BCUT2D eigenvalue weighted by Crippen LogP contribution is -1.89. The van der Waals surface area contributed by atoms with Gasteiger partial charge in [0.1, 0.15) is 0 Å². The van der Waals surface area contributed by atoms with Crippen molar-refractivity contribution in [3.8, 4) is 0 Å². The molecule has 0 rings (SSSR count). The number of rotatable bonds is 11. The number of carboxylic acid groups (broad SMARTS) is 1. The monoisotopic (exact) mass is 250 g/mol. The lowest BCUT2D eigenvalue weighted by atomic mass is 10.1. The number of carbonyl (C=O) groups is 1. The van der Waals surface area contributed by atoms with Gasteiger partial charge in [-0.15, -0.1) is 0 Å². The van der Waals surface area contributed by atoms with Gasteiger partial charge in [-0.3, -0.25) is 4.79 Å². The molecule has 0 aliphatic rings. The Morgan fingerprint density at radius 2 is 1.50 bits per heavy atom. The zero-order valence-corrected chi connectivity index (χ0v) is 11.5. The van der Waals surface area contributed by atoms with Crippen LogP contribution in [-0.2, 0) is 4.79 Å². The molecule has 0 aliphatic carbocycles.